The third-order valence-corrected chi connectivity index (χ3v) is 2.97. The number of benzene rings is 2. The van der Waals surface area contributed by atoms with Crippen LogP contribution in [0, 0.1) is 0 Å². The Labute approximate surface area is 108 Å². The van der Waals surface area contributed by atoms with E-state index in [1.165, 1.54) is 5.56 Å². The van der Waals surface area contributed by atoms with Crippen molar-refractivity contribution >= 4 is 0 Å². The third-order valence-electron chi connectivity index (χ3n) is 2.97. The van der Waals surface area contributed by atoms with E-state index in [0.717, 1.165) is 23.5 Å². The van der Waals surface area contributed by atoms with Crippen molar-refractivity contribution in [2.24, 2.45) is 5.73 Å². The molecule has 0 aliphatic carbocycles. The van der Waals surface area contributed by atoms with Gasteiger partial charge in [0.05, 0.1) is 0 Å². The fourth-order valence-corrected chi connectivity index (χ4v) is 1.87. The maximum absolute atomic E-state index is 5.93. The van der Waals surface area contributed by atoms with E-state index < -0.39 is 0 Å². The summed E-state index contributed by atoms with van der Waals surface area (Å²) in [4.78, 5) is 0. The maximum Gasteiger partial charge on any atom is 0.132 e. The van der Waals surface area contributed by atoms with Crippen molar-refractivity contribution in [3.05, 3.63) is 59.7 Å². The Hall–Kier alpha value is -1.80. The van der Waals surface area contributed by atoms with Gasteiger partial charge < -0.3 is 10.5 Å². The minimum absolute atomic E-state index is 0.0314. The van der Waals surface area contributed by atoms with E-state index in [4.69, 9.17) is 10.5 Å². The number of nitrogens with two attached hydrogens (primary N) is 1. The highest BCUT2D eigenvalue weighted by molar-refractivity contribution is 5.39. The topological polar surface area (TPSA) is 35.2 Å². The van der Waals surface area contributed by atoms with Crippen LogP contribution in [-0.2, 0) is 6.42 Å². The summed E-state index contributed by atoms with van der Waals surface area (Å²) in [6.45, 7) is 4.10. The normalized spacial score (nSPS) is 12.2. The minimum atomic E-state index is -0.0314. The molecule has 2 heteroatoms. The van der Waals surface area contributed by atoms with Crippen molar-refractivity contribution in [3.63, 3.8) is 0 Å². The molecular formula is C16H19NO. The van der Waals surface area contributed by atoms with E-state index in [2.05, 4.69) is 19.1 Å². The Morgan fingerprint density at radius 2 is 1.72 bits per heavy atom. The lowest BCUT2D eigenvalue weighted by Crippen LogP contribution is -2.06. The number of rotatable bonds is 4. The van der Waals surface area contributed by atoms with E-state index in [9.17, 15) is 0 Å². The second-order valence-electron chi connectivity index (χ2n) is 4.43. The van der Waals surface area contributed by atoms with Gasteiger partial charge in [-0.3, -0.25) is 0 Å². The van der Waals surface area contributed by atoms with E-state index in [1.54, 1.807) is 0 Å². The lowest BCUT2D eigenvalue weighted by Gasteiger charge is -2.13. The molecule has 0 saturated carbocycles. The molecule has 2 aromatic rings. The van der Waals surface area contributed by atoms with Gasteiger partial charge in [-0.15, -0.1) is 0 Å². The van der Waals surface area contributed by atoms with Crippen LogP contribution in [0.25, 0.3) is 0 Å². The maximum atomic E-state index is 5.93. The van der Waals surface area contributed by atoms with E-state index in [1.807, 2.05) is 43.3 Å². The molecule has 0 amide bonds. The highest BCUT2D eigenvalue weighted by Crippen LogP contribution is 2.28. The lowest BCUT2D eigenvalue weighted by molar-refractivity contribution is 0.472. The lowest BCUT2D eigenvalue weighted by atomic mass is 10.1. The highest BCUT2D eigenvalue weighted by atomic mass is 16.5. The standard InChI is InChI=1S/C16H19NO/c1-3-13-8-10-14(11-9-13)18-16-7-5-4-6-15(16)12(2)17/h4-12H,3,17H2,1-2H3/t12-/m0/s1. The van der Waals surface area contributed by atoms with Gasteiger partial charge >= 0.3 is 0 Å². The first-order chi connectivity index (χ1) is 8.70. The summed E-state index contributed by atoms with van der Waals surface area (Å²) in [5.74, 6) is 1.68. The van der Waals surface area contributed by atoms with Crippen LogP contribution in [-0.4, -0.2) is 0 Å². The van der Waals surface area contributed by atoms with Gasteiger partial charge in [-0.2, -0.15) is 0 Å². The molecule has 1 atom stereocenters. The Balaban J connectivity index is 2.22. The molecule has 0 aromatic heterocycles. The van der Waals surface area contributed by atoms with Crippen LogP contribution in [0.3, 0.4) is 0 Å². The molecule has 0 spiro atoms. The van der Waals surface area contributed by atoms with Crippen molar-refractivity contribution in [2.45, 2.75) is 26.3 Å². The first-order valence-corrected chi connectivity index (χ1v) is 6.32. The first kappa shape index (κ1) is 12.7. The summed E-state index contributed by atoms with van der Waals surface area (Å²) in [6.07, 6.45) is 1.04. The quantitative estimate of drug-likeness (QED) is 0.876. The summed E-state index contributed by atoms with van der Waals surface area (Å²) >= 11 is 0. The monoisotopic (exact) mass is 241 g/mol. The number of hydrogen-bond donors (Lipinski definition) is 1. The first-order valence-electron chi connectivity index (χ1n) is 6.32. The van der Waals surface area contributed by atoms with Crippen LogP contribution in [0.4, 0.5) is 0 Å². The molecule has 0 heterocycles. The smallest absolute Gasteiger partial charge is 0.132 e. The van der Waals surface area contributed by atoms with Gasteiger partial charge in [0, 0.05) is 11.6 Å². The number of hydrogen-bond acceptors (Lipinski definition) is 2. The summed E-state index contributed by atoms with van der Waals surface area (Å²) in [6, 6.07) is 16.0. The van der Waals surface area contributed by atoms with Crippen LogP contribution >= 0.6 is 0 Å². The van der Waals surface area contributed by atoms with E-state index in [0.29, 0.717) is 0 Å². The molecular weight excluding hydrogens is 222 g/mol. The van der Waals surface area contributed by atoms with Crippen LogP contribution in [0.15, 0.2) is 48.5 Å². The third kappa shape index (κ3) is 2.90. The van der Waals surface area contributed by atoms with Crippen molar-refractivity contribution in [3.8, 4) is 11.5 Å². The van der Waals surface area contributed by atoms with Gasteiger partial charge in [0.25, 0.3) is 0 Å². The molecule has 2 rings (SSSR count). The zero-order valence-electron chi connectivity index (χ0n) is 10.9. The molecule has 0 unspecified atom stereocenters. The minimum Gasteiger partial charge on any atom is -0.457 e. The van der Waals surface area contributed by atoms with E-state index in [-0.39, 0.29) is 6.04 Å². The fourth-order valence-electron chi connectivity index (χ4n) is 1.87. The summed E-state index contributed by atoms with van der Waals surface area (Å²) in [7, 11) is 0. The Bertz CT molecular complexity index is 503. The fraction of sp³-hybridized carbons (Fsp3) is 0.250. The Morgan fingerprint density at radius 3 is 2.33 bits per heavy atom. The Kier molecular flexibility index (Phi) is 4.00. The molecule has 0 saturated heterocycles. The number of aryl methyl sites for hydroxylation is 1. The van der Waals surface area contributed by atoms with Gasteiger partial charge in [0.1, 0.15) is 11.5 Å². The van der Waals surface area contributed by atoms with Gasteiger partial charge in [-0.25, -0.2) is 0 Å². The predicted octanol–water partition coefficient (Wildman–Crippen LogP) is 4.06. The summed E-state index contributed by atoms with van der Waals surface area (Å²) in [5, 5.41) is 0. The van der Waals surface area contributed by atoms with Crippen LogP contribution in [0.1, 0.15) is 31.0 Å². The van der Waals surface area contributed by atoms with Crippen molar-refractivity contribution in [1.29, 1.82) is 0 Å². The molecule has 0 fully saturated rings. The van der Waals surface area contributed by atoms with Crippen molar-refractivity contribution in [2.75, 3.05) is 0 Å². The summed E-state index contributed by atoms with van der Waals surface area (Å²) < 4.78 is 5.89. The van der Waals surface area contributed by atoms with Gasteiger partial charge in [-0.05, 0) is 37.1 Å². The average molecular weight is 241 g/mol. The largest absolute Gasteiger partial charge is 0.457 e. The van der Waals surface area contributed by atoms with Crippen LogP contribution in [0.5, 0.6) is 11.5 Å². The molecule has 2 nitrogen and oxygen atoms in total. The SMILES string of the molecule is CCc1ccc(Oc2ccccc2[C@H](C)N)cc1. The van der Waals surface area contributed by atoms with Crippen LogP contribution in [0.2, 0.25) is 0 Å². The number of para-hydroxylation sites is 1. The summed E-state index contributed by atoms with van der Waals surface area (Å²) in [5.41, 5.74) is 8.27. The molecule has 0 aliphatic rings. The van der Waals surface area contributed by atoms with Crippen molar-refractivity contribution in [1.82, 2.24) is 0 Å². The second-order valence-corrected chi connectivity index (χ2v) is 4.43. The van der Waals surface area contributed by atoms with Crippen LogP contribution < -0.4 is 10.5 Å². The Morgan fingerprint density at radius 1 is 1.06 bits per heavy atom. The van der Waals surface area contributed by atoms with Crippen molar-refractivity contribution < 1.29 is 4.74 Å². The molecule has 2 aromatic carbocycles. The molecule has 18 heavy (non-hydrogen) atoms. The molecule has 94 valence electrons. The van der Waals surface area contributed by atoms with Gasteiger partial charge in [-0.1, -0.05) is 37.3 Å². The second kappa shape index (κ2) is 5.69. The predicted molar refractivity (Wildman–Crippen MR) is 74.9 cm³/mol. The number of ether oxygens (including phenoxy) is 1. The average Bonchev–Trinajstić information content (AvgIpc) is 2.40. The zero-order chi connectivity index (χ0) is 13.0. The zero-order valence-corrected chi connectivity index (χ0v) is 10.9. The molecule has 0 aliphatic heterocycles. The molecule has 2 N–H and O–H groups in total. The highest BCUT2D eigenvalue weighted by Gasteiger charge is 2.07. The molecule has 0 bridgehead atoms. The molecule has 0 radical (unpaired) electrons. The van der Waals surface area contributed by atoms with E-state index >= 15 is 0 Å². The van der Waals surface area contributed by atoms with Gasteiger partial charge in [0.2, 0.25) is 0 Å². The van der Waals surface area contributed by atoms with Gasteiger partial charge in [0.15, 0.2) is 0 Å².